The van der Waals surface area contributed by atoms with Gasteiger partial charge in [0.15, 0.2) is 0 Å². The van der Waals surface area contributed by atoms with Gasteiger partial charge in [-0.15, -0.1) is 0 Å². The number of nitrogens with one attached hydrogen (secondary N) is 1. The number of benzene rings is 2. The van der Waals surface area contributed by atoms with Crippen molar-refractivity contribution in [3.63, 3.8) is 0 Å². The second-order valence-electron chi connectivity index (χ2n) is 5.50. The van der Waals surface area contributed by atoms with Gasteiger partial charge in [-0.25, -0.2) is 0 Å². The van der Waals surface area contributed by atoms with Gasteiger partial charge in [-0.1, -0.05) is 55.8 Å². The Morgan fingerprint density at radius 1 is 1.09 bits per heavy atom. The van der Waals surface area contributed by atoms with Gasteiger partial charge < -0.3 is 15.3 Å². The summed E-state index contributed by atoms with van der Waals surface area (Å²) in [6.45, 7) is 8.21. The van der Waals surface area contributed by atoms with Gasteiger partial charge in [0, 0.05) is 29.4 Å². The summed E-state index contributed by atoms with van der Waals surface area (Å²) in [6.07, 6.45) is -0.689. The van der Waals surface area contributed by atoms with Crippen molar-refractivity contribution in [1.82, 2.24) is 4.90 Å². The molecule has 0 bridgehead atoms. The van der Waals surface area contributed by atoms with E-state index in [4.69, 9.17) is 11.6 Å². The maximum Gasteiger partial charge on any atom is 0.106 e. The van der Waals surface area contributed by atoms with Gasteiger partial charge in [-0.2, -0.15) is 0 Å². The van der Waals surface area contributed by atoms with Gasteiger partial charge in [-0.3, -0.25) is 0 Å². The lowest BCUT2D eigenvalue weighted by atomic mass is 10.00. The monoisotopic (exact) mass is 332 g/mol. The molecule has 2 aromatic carbocycles. The molecule has 4 heteroatoms. The molecule has 2 N–H and O–H groups in total. The summed E-state index contributed by atoms with van der Waals surface area (Å²) in [7, 11) is 0. The molecule has 0 saturated heterocycles. The molecule has 0 radical (unpaired) electrons. The molecule has 1 unspecified atom stereocenters. The Morgan fingerprint density at radius 3 is 2.43 bits per heavy atom. The van der Waals surface area contributed by atoms with Crippen molar-refractivity contribution in [2.45, 2.75) is 20.0 Å². The zero-order valence-corrected chi connectivity index (χ0v) is 14.6. The largest absolute Gasteiger partial charge is 0.384 e. The van der Waals surface area contributed by atoms with E-state index in [2.05, 4.69) is 24.1 Å². The minimum absolute atomic E-state index is 0.629. The Hall–Kier alpha value is -1.55. The number of hydrogen-bond donors (Lipinski definition) is 2. The minimum atomic E-state index is -0.689. The van der Waals surface area contributed by atoms with Crippen LogP contribution in [0, 0.1) is 0 Å². The van der Waals surface area contributed by atoms with Crippen LogP contribution in [0.1, 0.15) is 31.1 Å². The number of aliphatic hydroxyl groups is 1. The van der Waals surface area contributed by atoms with Crippen molar-refractivity contribution in [3.05, 3.63) is 64.7 Å². The highest BCUT2D eigenvalue weighted by Crippen LogP contribution is 2.30. The van der Waals surface area contributed by atoms with Gasteiger partial charge in [0.25, 0.3) is 0 Å². The van der Waals surface area contributed by atoms with Crippen LogP contribution in [0.3, 0.4) is 0 Å². The van der Waals surface area contributed by atoms with Crippen molar-refractivity contribution in [2.24, 2.45) is 0 Å². The second kappa shape index (κ2) is 8.92. The van der Waals surface area contributed by atoms with Gasteiger partial charge in [0.05, 0.1) is 0 Å². The topological polar surface area (TPSA) is 35.5 Å². The standard InChI is InChI=1S/C19H25ClN2O/c1-3-22(4-2)13-12-21-18-11-10-16(20)14-17(18)19(23)15-8-6-5-7-9-15/h5-11,14,19,21,23H,3-4,12-13H2,1-2H3. The predicted octanol–water partition coefficient (Wildman–Crippen LogP) is 4.18. The lowest BCUT2D eigenvalue weighted by Gasteiger charge is -2.21. The van der Waals surface area contributed by atoms with E-state index in [1.165, 1.54) is 0 Å². The van der Waals surface area contributed by atoms with Crippen molar-refractivity contribution >= 4 is 17.3 Å². The van der Waals surface area contributed by atoms with Crippen LogP contribution in [-0.4, -0.2) is 36.2 Å². The average Bonchev–Trinajstić information content (AvgIpc) is 2.60. The molecule has 0 aliphatic rings. The van der Waals surface area contributed by atoms with E-state index in [9.17, 15) is 5.11 Å². The lowest BCUT2D eigenvalue weighted by molar-refractivity contribution is 0.221. The highest BCUT2D eigenvalue weighted by atomic mass is 35.5. The van der Waals surface area contributed by atoms with E-state index in [1.54, 1.807) is 0 Å². The zero-order valence-electron chi connectivity index (χ0n) is 13.8. The molecule has 0 heterocycles. The van der Waals surface area contributed by atoms with Gasteiger partial charge >= 0.3 is 0 Å². The van der Waals surface area contributed by atoms with Crippen LogP contribution in [0.15, 0.2) is 48.5 Å². The molecule has 0 aromatic heterocycles. The zero-order chi connectivity index (χ0) is 16.7. The van der Waals surface area contributed by atoms with E-state index in [0.717, 1.165) is 43.0 Å². The normalized spacial score (nSPS) is 12.4. The molecule has 0 aliphatic carbocycles. The SMILES string of the molecule is CCN(CC)CCNc1ccc(Cl)cc1C(O)c1ccccc1. The number of nitrogens with zero attached hydrogens (tertiary/aromatic N) is 1. The smallest absolute Gasteiger partial charge is 0.106 e. The average molecular weight is 333 g/mol. The number of anilines is 1. The molecule has 3 nitrogen and oxygen atoms in total. The van der Waals surface area contributed by atoms with E-state index in [0.29, 0.717) is 5.02 Å². The first-order valence-electron chi connectivity index (χ1n) is 8.14. The summed E-state index contributed by atoms with van der Waals surface area (Å²) in [5.74, 6) is 0. The minimum Gasteiger partial charge on any atom is -0.384 e. The molecular weight excluding hydrogens is 308 g/mol. The summed E-state index contributed by atoms with van der Waals surface area (Å²) in [5, 5.41) is 14.7. The fourth-order valence-corrected chi connectivity index (χ4v) is 2.80. The van der Waals surface area contributed by atoms with Gasteiger partial charge in [0.2, 0.25) is 0 Å². The second-order valence-corrected chi connectivity index (χ2v) is 5.93. The molecule has 0 spiro atoms. The summed E-state index contributed by atoms with van der Waals surface area (Å²) >= 11 is 6.13. The Balaban J connectivity index is 2.14. The van der Waals surface area contributed by atoms with Gasteiger partial charge in [0.1, 0.15) is 6.10 Å². The lowest BCUT2D eigenvalue weighted by Crippen LogP contribution is -2.28. The number of hydrogen-bond acceptors (Lipinski definition) is 3. The van der Waals surface area contributed by atoms with Crippen molar-refractivity contribution in [3.8, 4) is 0 Å². The third-order valence-electron chi connectivity index (χ3n) is 4.06. The first kappa shape index (κ1) is 17.8. The molecule has 2 rings (SSSR count). The molecular formula is C19H25ClN2O. The van der Waals surface area contributed by atoms with E-state index in [1.807, 2.05) is 48.5 Å². The Labute approximate surface area is 143 Å². The molecule has 23 heavy (non-hydrogen) atoms. The molecule has 0 amide bonds. The third kappa shape index (κ3) is 4.96. The number of rotatable bonds is 8. The first-order valence-corrected chi connectivity index (χ1v) is 8.52. The Bertz CT molecular complexity index is 600. The van der Waals surface area contributed by atoms with E-state index < -0.39 is 6.10 Å². The summed E-state index contributed by atoms with van der Waals surface area (Å²) in [5.41, 5.74) is 2.60. The van der Waals surface area contributed by atoms with E-state index in [-0.39, 0.29) is 0 Å². The maximum atomic E-state index is 10.7. The number of halogens is 1. The van der Waals surface area contributed by atoms with E-state index >= 15 is 0 Å². The number of likely N-dealkylation sites (N-methyl/N-ethyl adjacent to an activating group) is 1. The summed E-state index contributed by atoms with van der Waals surface area (Å²) < 4.78 is 0. The molecule has 2 aromatic rings. The Kier molecular flexibility index (Phi) is 6.90. The highest BCUT2D eigenvalue weighted by molar-refractivity contribution is 6.30. The van der Waals surface area contributed by atoms with Crippen molar-refractivity contribution in [1.29, 1.82) is 0 Å². The quantitative estimate of drug-likeness (QED) is 0.761. The fraction of sp³-hybridized carbons (Fsp3) is 0.368. The van der Waals surface area contributed by atoms with Crippen LogP contribution in [-0.2, 0) is 0 Å². The maximum absolute atomic E-state index is 10.7. The molecule has 0 saturated carbocycles. The molecule has 124 valence electrons. The number of aliphatic hydroxyl groups excluding tert-OH is 1. The first-order chi connectivity index (χ1) is 11.2. The highest BCUT2D eigenvalue weighted by Gasteiger charge is 2.15. The fourth-order valence-electron chi connectivity index (χ4n) is 2.62. The van der Waals surface area contributed by atoms with Crippen LogP contribution in [0.25, 0.3) is 0 Å². The van der Waals surface area contributed by atoms with Crippen molar-refractivity contribution in [2.75, 3.05) is 31.5 Å². The van der Waals surface area contributed by atoms with Crippen LogP contribution in [0.5, 0.6) is 0 Å². The Morgan fingerprint density at radius 2 is 1.78 bits per heavy atom. The predicted molar refractivity (Wildman–Crippen MR) is 98.2 cm³/mol. The third-order valence-corrected chi connectivity index (χ3v) is 4.30. The summed E-state index contributed by atoms with van der Waals surface area (Å²) in [4.78, 5) is 2.36. The van der Waals surface area contributed by atoms with Crippen LogP contribution >= 0.6 is 11.6 Å². The van der Waals surface area contributed by atoms with Crippen LogP contribution in [0.4, 0.5) is 5.69 Å². The molecule has 0 fully saturated rings. The summed E-state index contributed by atoms with van der Waals surface area (Å²) in [6, 6.07) is 15.3. The van der Waals surface area contributed by atoms with Crippen LogP contribution in [0.2, 0.25) is 5.02 Å². The van der Waals surface area contributed by atoms with Crippen LogP contribution < -0.4 is 5.32 Å². The molecule has 0 aliphatic heterocycles. The van der Waals surface area contributed by atoms with Gasteiger partial charge in [-0.05, 0) is 36.9 Å². The molecule has 1 atom stereocenters. The van der Waals surface area contributed by atoms with Crippen molar-refractivity contribution < 1.29 is 5.11 Å².